The first kappa shape index (κ1) is 17.2. The SMILES string of the molecule is NCc1cc(NCc2cccc3c2C(=O)N(C2CCC(=O)NC2=O)C3)no1. The van der Waals surface area contributed by atoms with Gasteiger partial charge < -0.3 is 20.5 Å². The van der Waals surface area contributed by atoms with Crippen molar-refractivity contribution in [3.05, 3.63) is 46.7 Å². The minimum atomic E-state index is -0.619. The molecular weight excluding hydrogens is 350 g/mol. The molecule has 1 aromatic carbocycles. The van der Waals surface area contributed by atoms with Crippen molar-refractivity contribution in [1.82, 2.24) is 15.4 Å². The minimum Gasteiger partial charge on any atom is -0.363 e. The third-order valence-electron chi connectivity index (χ3n) is 4.86. The van der Waals surface area contributed by atoms with Crippen LogP contribution in [0.2, 0.25) is 0 Å². The Balaban J connectivity index is 1.52. The third kappa shape index (κ3) is 3.17. The Morgan fingerprint density at radius 1 is 1.33 bits per heavy atom. The third-order valence-corrected chi connectivity index (χ3v) is 4.86. The number of nitrogens with zero attached hydrogens (tertiary/aromatic N) is 2. The predicted octanol–water partition coefficient (Wildman–Crippen LogP) is 0.506. The second-order valence-electron chi connectivity index (χ2n) is 6.59. The number of hydrogen-bond acceptors (Lipinski definition) is 7. The summed E-state index contributed by atoms with van der Waals surface area (Å²) in [7, 11) is 0. The number of fused-ring (bicyclic) bond motifs is 1. The maximum absolute atomic E-state index is 13.0. The van der Waals surface area contributed by atoms with Gasteiger partial charge in [-0.25, -0.2) is 0 Å². The van der Waals surface area contributed by atoms with Crippen molar-refractivity contribution < 1.29 is 18.9 Å². The van der Waals surface area contributed by atoms with Crippen LogP contribution < -0.4 is 16.4 Å². The van der Waals surface area contributed by atoms with E-state index in [2.05, 4.69) is 15.8 Å². The van der Waals surface area contributed by atoms with Crippen LogP contribution in [0.15, 0.2) is 28.8 Å². The van der Waals surface area contributed by atoms with E-state index in [1.54, 1.807) is 11.0 Å². The number of aromatic nitrogens is 1. The van der Waals surface area contributed by atoms with Gasteiger partial charge in [-0.1, -0.05) is 23.4 Å². The van der Waals surface area contributed by atoms with Crippen LogP contribution in [0.3, 0.4) is 0 Å². The van der Waals surface area contributed by atoms with E-state index in [1.807, 2.05) is 18.2 Å². The van der Waals surface area contributed by atoms with Gasteiger partial charge in [0.25, 0.3) is 5.91 Å². The van der Waals surface area contributed by atoms with Gasteiger partial charge in [0.2, 0.25) is 11.8 Å². The number of amides is 3. The van der Waals surface area contributed by atoms with Crippen LogP contribution in [0.1, 0.15) is 40.1 Å². The first-order chi connectivity index (χ1) is 13.1. The van der Waals surface area contributed by atoms with E-state index < -0.39 is 11.9 Å². The van der Waals surface area contributed by atoms with Crippen LogP contribution in [0.4, 0.5) is 5.82 Å². The van der Waals surface area contributed by atoms with Gasteiger partial charge >= 0.3 is 0 Å². The first-order valence-corrected chi connectivity index (χ1v) is 8.72. The zero-order valence-electron chi connectivity index (χ0n) is 14.5. The monoisotopic (exact) mass is 369 g/mol. The molecule has 1 fully saturated rings. The summed E-state index contributed by atoms with van der Waals surface area (Å²) in [6, 6.07) is 6.71. The maximum atomic E-state index is 13.0. The lowest BCUT2D eigenvalue weighted by atomic mass is 10.0. The van der Waals surface area contributed by atoms with Gasteiger partial charge in [-0.3, -0.25) is 19.7 Å². The molecule has 2 aliphatic rings. The fourth-order valence-corrected chi connectivity index (χ4v) is 3.52. The van der Waals surface area contributed by atoms with Gasteiger partial charge in [-0.15, -0.1) is 0 Å². The van der Waals surface area contributed by atoms with Crippen molar-refractivity contribution in [3.63, 3.8) is 0 Å². The molecule has 0 saturated carbocycles. The average molecular weight is 369 g/mol. The molecule has 0 bridgehead atoms. The molecule has 1 unspecified atom stereocenters. The Morgan fingerprint density at radius 3 is 2.93 bits per heavy atom. The van der Waals surface area contributed by atoms with E-state index in [4.69, 9.17) is 10.3 Å². The summed E-state index contributed by atoms with van der Waals surface area (Å²) < 4.78 is 5.05. The van der Waals surface area contributed by atoms with Crippen LogP contribution in [0.25, 0.3) is 0 Å². The van der Waals surface area contributed by atoms with Gasteiger partial charge in [0.15, 0.2) is 11.6 Å². The zero-order valence-corrected chi connectivity index (χ0v) is 14.5. The maximum Gasteiger partial charge on any atom is 0.255 e. The number of hydrogen-bond donors (Lipinski definition) is 3. The molecule has 0 radical (unpaired) electrons. The Bertz CT molecular complexity index is 922. The van der Waals surface area contributed by atoms with E-state index in [0.717, 1.165) is 11.1 Å². The molecule has 1 saturated heterocycles. The Morgan fingerprint density at radius 2 is 2.19 bits per heavy atom. The van der Waals surface area contributed by atoms with Gasteiger partial charge in [0.05, 0.1) is 6.54 Å². The molecule has 2 aliphatic heterocycles. The minimum absolute atomic E-state index is 0.195. The standard InChI is InChI=1S/C18H19N5O4/c19-7-12-6-14(22-27-12)20-8-10-2-1-3-11-9-23(18(26)16(10)11)13-4-5-15(24)21-17(13)25/h1-3,6,13H,4-5,7-9,19H2,(H,20,22)(H,21,24,25). The number of carbonyl (C=O) groups excluding carboxylic acids is 3. The highest BCUT2D eigenvalue weighted by atomic mass is 16.5. The molecule has 1 aromatic heterocycles. The number of anilines is 1. The largest absolute Gasteiger partial charge is 0.363 e. The molecule has 27 heavy (non-hydrogen) atoms. The Labute approximate surface area is 154 Å². The molecule has 2 aromatic rings. The second kappa shape index (κ2) is 6.84. The number of carbonyl (C=O) groups is 3. The fourth-order valence-electron chi connectivity index (χ4n) is 3.52. The van der Waals surface area contributed by atoms with Crippen molar-refractivity contribution in [2.24, 2.45) is 5.73 Å². The second-order valence-corrected chi connectivity index (χ2v) is 6.59. The lowest BCUT2D eigenvalue weighted by Gasteiger charge is -2.29. The number of piperidine rings is 1. The van der Waals surface area contributed by atoms with Crippen molar-refractivity contribution in [2.75, 3.05) is 5.32 Å². The normalized spacial score (nSPS) is 19.2. The number of nitrogens with two attached hydrogens (primary N) is 1. The van der Waals surface area contributed by atoms with E-state index in [9.17, 15) is 14.4 Å². The summed E-state index contributed by atoms with van der Waals surface area (Å²) in [5.74, 6) is 0.204. The van der Waals surface area contributed by atoms with Gasteiger partial charge in [0, 0.05) is 31.1 Å². The summed E-state index contributed by atoms with van der Waals surface area (Å²) in [6.07, 6.45) is 0.583. The molecule has 4 N–H and O–H groups in total. The average Bonchev–Trinajstić information content (AvgIpc) is 3.25. The number of nitrogens with one attached hydrogen (secondary N) is 2. The smallest absolute Gasteiger partial charge is 0.255 e. The zero-order chi connectivity index (χ0) is 19.0. The summed E-state index contributed by atoms with van der Waals surface area (Å²) in [4.78, 5) is 38.0. The molecule has 9 heteroatoms. The van der Waals surface area contributed by atoms with Crippen molar-refractivity contribution >= 4 is 23.5 Å². The highest BCUT2D eigenvalue weighted by Crippen LogP contribution is 2.30. The van der Waals surface area contributed by atoms with Gasteiger partial charge in [-0.2, -0.15) is 0 Å². The highest BCUT2D eigenvalue weighted by Gasteiger charge is 2.39. The first-order valence-electron chi connectivity index (χ1n) is 8.72. The van der Waals surface area contributed by atoms with E-state index in [1.165, 1.54) is 0 Å². The van der Waals surface area contributed by atoms with Crippen molar-refractivity contribution in [1.29, 1.82) is 0 Å². The Kier molecular flexibility index (Phi) is 4.36. The summed E-state index contributed by atoms with van der Waals surface area (Å²) in [5, 5.41) is 9.30. The molecule has 9 nitrogen and oxygen atoms in total. The molecule has 4 rings (SSSR count). The topological polar surface area (TPSA) is 131 Å². The van der Waals surface area contributed by atoms with Gasteiger partial charge in [0.1, 0.15) is 6.04 Å². The predicted molar refractivity (Wildman–Crippen MR) is 94.2 cm³/mol. The molecule has 0 aliphatic carbocycles. The van der Waals surface area contributed by atoms with Gasteiger partial charge in [-0.05, 0) is 17.5 Å². The summed E-state index contributed by atoms with van der Waals surface area (Å²) >= 11 is 0. The molecule has 0 spiro atoms. The fraction of sp³-hybridized carbons (Fsp3) is 0.333. The number of rotatable bonds is 5. The van der Waals surface area contributed by atoms with Crippen LogP contribution in [0.5, 0.6) is 0 Å². The van der Waals surface area contributed by atoms with Crippen molar-refractivity contribution in [3.8, 4) is 0 Å². The van der Waals surface area contributed by atoms with E-state index in [0.29, 0.717) is 36.7 Å². The quantitative estimate of drug-likeness (QED) is 0.654. The van der Waals surface area contributed by atoms with Crippen LogP contribution in [-0.2, 0) is 29.2 Å². The molecule has 1 atom stereocenters. The van der Waals surface area contributed by atoms with Crippen LogP contribution in [-0.4, -0.2) is 33.8 Å². The molecule has 3 heterocycles. The highest BCUT2D eigenvalue weighted by molar-refractivity contribution is 6.06. The van der Waals surface area contributed by atoms with E-state index in [-0.39, 0.29) is 24.8 Å². The molecule has 140 valence electrons. The van der Waals surface area contributed by atoms with Crippen LogP contribution in [0, 0.1) is 0 Å². The summed E-state index contributed by atoms with van der Waals surface area (Å²) in [6.45, 7) is 0.999. The lowest BCUT2D eigenvalue weighted by Crippen LogP contribution is -2.52. The number of benzene rings is 1. The van der Waals surface area contributed by atoms with Crippen molar-refractivity contribution in [2.45, 2.75) is 38.5 Å². The summed E-state index contributed by atoms with van der Waals surface area (Å²) in [5.41, 5.74) is 7.77. The number of imide groups is 1. The van der Waals surface area contributed by atoms with Crippen LogP contribution >= 0.6 is 0 Å². The lowest BCUT2D eigenvalue weighted by molar-refractivity contribution is -0.136. The molecule has 3 amide bonds. The molecular formula is C18H19N5O4. The van der Waals surface area contributed by atoms with E-state index >= 15 is 0 Å². The Hall–Kier alpha value is -3.20.